The number of benzene rings is 2. The Kier molecular flexibility index (Phi) is 7.70. The van der Waals surface area contributed by atoms with E-state index in [2.05, 4.69) is 106 Å². The monoisotopic (exact) mass is 442 g/mol. The molecule has 0 saturated heterocycles. The Labute approximate surface area is 196 Å². The van der Waals surface area contributed by atoms with Crippen LogP contribution in [0.1, 0.15) is 37.9 Å². The van der Waals surface area contributed by atoms with E-state index >= 15 is 0 Å². The molecular formula is C27H34N6. The van der Waals surface area contributed by atoms with E-state index in [9.17, 15) is 0 Å². The van der Waals surface area contributed by atoms with Crippen LogP contribution < -0.4 is 10.6 Å². The first-order valence-corrected chi connectivity index (χ1v) is 11.9. The average molecular weight is 443 g/mol. The quantitative estimate of drug-likeness (QED) is 0.278. The zero-order chi connectivity index (χ0) is 23.0. The maximum Gasteiger partial charge on any atom is 0.143 e. The Morgan fingerprint density at radius 1 is 0.970 bits per heavy atom. The largest absolute Gasteiger partial charge is 0.363 e. The van der Waals surface area contributed by atoms with Crippen molar-refractivity contribution in [3.8, 4) is 11.3 Å². The second kappa shape index (κ2) is 11.1. The van der Waals surface area contributed by atoms with Gasteiger partial charge in [-0.3, -0.25) is 0 Å². The number of aromatic nitrogens is 3. The maximum atomic E-state index is 4.51. The first-order chi connectivity index (χ1) is 16.2. The molecule has 0 saturated carbocycles. The number of aromatic amines is 1. The summed E-state index contributed by atoms with van der Waals surface area (Å²) in [6.45, 7) is 11.7. The third-order valence-corrected chi connectivity index (χ3v) is 6.17. The molecule has 0 amide bonds. The topological polar surface area (TPSA) is 68.9 Å². The Hall–Kier alpha value is -3.22. The number of nitrogens with zero attached hydrogens (tertiary/aromatic N) is 3. The predicted molar refractivity (Wildman–Crippen MR) is 137 cm³/mol. The van der Waals surface area contributed by atoms with Gasteiger partial charge in [0.1, 0.15) is 17.8 Å². The number of fused-ring (bicyclic) bond motifs is 1. The molecule has 2 heterocycles. The highest BCUT2D eigenvalue weighted by Gasteiger charge is 2.12. The van der Waals surface area contributed by atoms with E-state index in [4.69, 9.17) is 0 Å². The molecule has 0 unspecified atom stereocenters. The van der Waals surface area contributed by atoms with Crippen LogP contribution in [0.15, 0.2) is 67.0 Å². The molecule has 0 fully saturated rings. The number of anilines is 1. The third kappa shape index (κ3) is 5.78. The van der Waals surface area contributed by atoms with Gasteiger partial charge in [0.25, 0.3) is 0 Å². The van der Waals surface area contributed by atoms with Crippen LogP contribution in [0.2, 0.25) is 0 Å². The molecule has 3 N–H and O–H groups in total. The van der Waals surface area contributed by atoms with Gasteiger partial charge in [0.2, 0.25) is 0 Å². The highest BCUT2D eigenvalue weighted by Crippen LogP contribution is 2.29. The van der Waals surface area contributed by atoms with Crippen LogP contribution in [-0.2, 0) is 6.54 Å². The smallest absolute Gasteiger partial charge is 0.143 e. The van der Waals surface area contributed by atoms with E-state index < -0.39 is 0 Å². The summed E-state index contributed by atoms with van der Waals surface area (Å²) in [6, 6.07) is 21.4. The Morgan fingerprint density at radius 2 is 1.73 bits per heavy atom. The molecule has 2 aromatic heterocycles. The lowest BCUT2D eigenvalue weighted by Crippen LogP contribution is -2.31. The molecule has 33 heavy (non-hydrogen) atoms. The van der Waals surface area contributed by atoms with Gasteiger partial charge in [0, 0.05) is 31.4 Å². The fourth-order valence-corrected chi connectivity index (χ4v) is 4.05. The van der Waals surface area contributed by atoms with Crippen molar-refractivity contribution >= 4 is 16.9 Å². The minimum atomic E-state index is 0.149. The minimum Gasteiger partial charge on any atom is -0.363 e. The molecule has 6 nitrogen and oxygen atoms in total. The van der Waals surface area contributed by atoms with Crippen molar-refractivity contribution < 1.29 is 0 Å². The lowest BCUT2D eigenvalue weighted by Gasteiger charge is -2.18. The second-order valence-corrected chi connectivity index (χ2v) is 8.34. The van der Waals surface area contributed by atoms with Crippen molar-refractivity contribution in [1.82, 2.24) is 25.2 Å². The fraction of sp³-hybridized carbons (Fsp3) is 0.333. The number of likely N-dealkylation sites (N-methyl/N-ethyl adjacent to an activating group) is 1. The molecule has 0 spiro atoms. The van der Waals surface area contributed by atoms with E-state index in [1.165, 1.54) is 11.1 Å². The third-order valence-electron chi connectivity index (χ3n) is 6.17. The number of hydrogen-bond donors (Lipinski definition) is 3. The average Bonchev–Trinajstić information content (AvgIpc) is 3.30. The Balaban J connectivity index is 1.43. The summed E-state index contributed by atoms with van der Waals surface area (Å²) in [6.07, 6.45) is 1.61. The molecule has 6 heteroatoms. The summed E-state index contributed by atoms with van der Waals surface area (Å²) in [5, 5.41) is 8.08. The fourth-order valence-electron chi connectivity index (χ4n) is 4.05. The number of hydrogen-bond acceptors (Lipinski definition) is 5. The summed E-state index contributed by atoms with van der Waals surface area (Å²) in [5.41, 5.74) is 5.53. The van der Waals surface area contributed by atoms with Crippen LogP contribution in [0.4, 0.5) is 5.82 Å². The zero-order valence-corrected chi connectivity index (χ0v) is 19.8. The van der Waals surface area contributed by atoms with Crippen molar-refractivity contribution in [3.05, 3.63) is 78.1 Å². The minimum absolute atomic E-state index is 0.149. The molecular weight excluding hydrogens is 408 g/mol. The first-order valence-electron chi connectivity index (χ1n) is 11.9. The molecule has 1 atom stereocenters. The van der Waals surface area contributed by atoms with E-state index in [-0.39, 0.29) is 6.04 Å². The van der Waals surface area contributed by atoms with Crippen molar-refractivity contribution in [2.45, 2.75) is 33.4 Å². The van der Waals surface area contributed by atoms with E-state index in [0.29, 0.717) is 0 Å². The molecule has 4 rings (SSSR count). The molecule has 2 aromatic carbocycles. The lowest BCUT2D eigenvalue weighted by atomic mass is 10.1. The highest BCUT2D eigenvalue weighted by molar-refractivity contribution is 5.91. The van der Waals surface area contributed by atoms with Crippen LogP contribution in [0.25, 0.3) is 22.3 Å². The van der Waals surface area contributed by atoms with Crippen molar-refractivity contribution in [3.63, 3.8) is 0 Å². The van der Waals surface area contributed by atoms with Gasteiger partial charge < -0.3 is 20.5 Å². The van der Waals surface area contributed by atoms with Crippen molar-refractivity contribution in [2.75, 3.05) is 31.5 Å². The van der Waals surface area contributed by atoms with Crippen LogP contribution in [0.3, 0.4) is 0 Å². The summed E-state index contributed by atoms with van der Waals surface area (Å²) < 4.78 is 0. The SMILES string of the molecule is CCN(CC)CCNCc1ccc(-c2cc3c(N[C@H](C)c4ccccc4)ncnc3[nH]2)cc1. The molecule has 4 aromatic rings. The summed E-state index contributed by atoms with van der Waals surface area (Å²) in [4.78, 5) is 14.8. The first kappa shape index (κ1) is 23.0. The zero-order valence-electron chi connectivity index (χ0n) is 19.8. The van der Waals surface area contributed by atoms with E-state index in [0.717, 1.165) is 60.8 Å². The van der Waals surface area contributed by atoms with Gasteiger partial charge in [0.05, 0.1) is 5.39 Å². The van der Waals surface area contributed by atoms with E-state index in [1.54, 1.807) is 6.33 Å². The molecule has 0 aliphatic carbocycles. The Bertz CT molecular complexity index is 1130. The summed E-state index contributed by atoms with van der Waals surface area (Å²) in [5.74, 6) is 0.841. The van der Waals surface area contributed by atoms with Gasteiger partial charge >= 0.3 is 0 Å². The van der Waals surface area contributed by atoms with Crippen LogP contribution in [-0.4, -0.2) is 46.0 Å². The molecule has 0 bridgehead atoms. The van der Waals surface area contributed by atoms with Gasteiger partial charge in [-0.25, -0.2) is 9.97 Å². The summed E-state index contributed by atoms with van der Waals surface area (Å²) >= 11 is 0. The lowest BCUT2D eigenvalue weighted by molar-refractivity contribution is 0.302. The van der Waals surface area contributed by atoms with Crippen LogP contribution >= 0.6 is 0 Å². The predicted octanol–water partition coefficient (Wildman–Crippen LogP) is 5.23. The van der Waals surface area contributed by atoms with E-state index in [1.807, 2.05) is 6.07 Å². The maximum absolute atomic E-state index is 4.51. The molecule has 172 valence electrons. The number of H-pyrrole nitrogens is 1. The molecule has 0 aliphatic rings. The van der Waals surface area contributed by atoms with Gasteiger partial charge in [-0.2, -0.15) is 0 Å². The van der Waals surface area contributed by atoms with Crippen LogP contribution in [0.5, 0.6) is 0 Å². The standard InChI is InChI=1S/C27H34N6/c1-4-33(5-2)16-15-28-18-21-11-13-23(14-12-21)25-17-24-26(29-19-30-27(24)32-25)31-20(3)22-9-7-6-8-10-22/h6-14,17,19-20,28H,4-5,15-16,18H2,1-3H3,(H2,29,30,31,32)/t20-/m1/s1. The number of rotatable bonds is 11. The second-order valence-electron chi connectivity index (χ2n) is 8.34. The van der Waals surface area contributed by atoms with Gasteiger partial charge in [0.15, 0.2) is 0 Å². The highest BCUT2D eigenvalue weighted by atomic mass is 15.1. The van der Waals surface area contributed by atoms with Crippen molar-refractivity contribution in [1.29, 1.82) is 0 Å². The van der Waals surface area contributed by atoms with Gasteiger partial charge in [-0.1, -0.05) is 68.4 Å². The van der Waals surface area contributed by atoms with Gasteiger partial charge in [-0.15, -0.1) is 0 Å². The molecule has 0 radical (unpaired) electrons. The normalized spacial score (nSPS) is 12.4. The van der Waals surface area contributed by atoms with Crippen LogP contribution in [0, 0.1) is 0 Å². The van der Waals surface area contributed by atoms with Crippen molar-refractivity contribution in [2.24, 2.45) is 0 Å². The number of nitrogens with one attached hydrogen (secondary N) is 3. The summed E-state index contributed by atoms with van der Waals surface area (Å²) in [7, 11) is 0. The van der Waals surface area contributed by atoms with Gasteiger partial charge in [-0.05, 0) is 42.8 Å². The Morgan fingerprint density at radius 3 is 2.45 bits per heavy atom. The molecule has 0 aliphatic heterocycles.